The molecule has 0 bridgehead atoms. The van der Waals surface area contributed by atoms with Crippen molar-refractivity contribution < 1.29 is 4.74 Å². The maximum absolute atomic E-state index is 6.79. The van der Waals surface area contributed by atoms with Crippen LogP contribution in [0.2, 0.25) is 0 Å². The van der Waals surface area contributed by atoms with Crippen molar-refractivity contribution in [1.29, 1.82) is 0 Å². The van der Waals surface area contributed by atoms with Crippen LogP contribution in [0.5, 0.6) is 11.5 Å². The van der Waals surface area contributed by atoms with Gasteiger partial charge in [-0.25, -0.2) is 0 Å². The van der Waals surface area contributed by atoms with E-state index in [9.17, 15) is 0 Å². The van der Waals surface area contributed by atoms with Gasteiger partial charge >= 0.3 is 0 Å². The molecule has 8 aromatic carbocycles. The third-order valence-electron chi connectivity index (χ3n) is 11.2. The number of anilines is 3. The lowest BCUT2D eigenvalue weighted by atomic mass is 9.81. The molecule has 9 aromatic rings. The van der Waals surface area contributed by atoms with Crippen LogP contribution in [-0.2, 0) is 5.41 Å². The summed E-state index contributed by atoms with van der Waals surface area (Å²) in [6.45, 7) is 4.75. The van der Waals surface area contributed by atoms with Gasteiger partial charge in [-0.3, -0.25) is 0 Å². The molecule has 0 radical (unpaired) electrons. The van der Waals surface area contributed by atoms with E-state index in [0.29, 0.717) is 0 Å². The summed E-state index contributed by atoms with van der Waals surface area (Å²) in [6, 6.07) is 59.8. The van der Waals surface area contributed by atoms with Gasteiger partial charge in [0.25, 0.3) is 0 Å². The van der Waals surface area contributed by atoms with Gasteiger partial charge in [0, 0.05) is 47.6 Å². The Kier molecular flexibility index (Phi) is 6.21. The minimum atomic E-state index is -0.190. The van der Waals surface area contributed by atoms with Crippen molar-refractivity contribution in [2.75, 3.05) is 4.90 Å². The highest BCUT2D eigenvalue weighted by atomic mass is 32.1. The fourth-order valence-corrected chi connectivity index (χ4v) is 9.97. The van der Waals surface area contributed by atoms with Crippen molar-refractivity contribution in [3.8, 4) is 44.9 Å². The molecular formula is C49H33NOS. The van der Waals surface area contributed by atoms with Gasteiger partial charge in [-0.05, 0) is 93.5 Å². The zero-order valence-electron chi connectivity index (χ0n) is 28.9. The van der Waals surface area contributed by atoms with Gasteiger partial charge in [0.1, 0.15) is 11.5 Å². The Morgan fingerprint density at radius 1 is 0.481 bits per heavy atom. The van der Waals surface area contributed by atoms with Gasteiger partial charge in [0.15, 0.2) is 0 Å². The molecule has 0 atom stereocenters. The number of ether oxygens (including phenoxy) is 1. The van der Waals surface area contributed by atoms with Crippen LogP contribution >= 0.6 is 11.3 Å². The Morgan fingerprint density at radius 2 is 1.23 bits per heavy atom. The van der Waals surface area contributed by atoms with Gasteiger partial charge in [-0.15, -0.1) is 11.3 Å². The summed E-state index contributed by atoms with van der Waals surface area (Å²) in [6.07, 6.45) is 0. The predicted molar refractivity (Wildman–Crippen MR) is 220 cm³/mol. The summed E-state index contributed by atoms with van der Waals surface area (Å²) in [4.78, 5) is 2.51. The quantitative estimate of drug-likeness (QED) is 0.183. The molecular weight excluding hydrogens is 651 g/mol. The third-order valence-corrected chi connectivity index (χ3v) is 12.4. The minimum absolute atomic E-state index is 0.190. The van der Waals surface area contributed by atoms with Crippen LogP contribution < -0.4 is 9.64 Å². The van der Waals surface area contributed by atoms with Crippen molar-refractivity contribution in [3.63, 3.8) is 0 Å². The first kappa shape index (κ1) is 29.6. The van der Waals surface area contributed by atoms with Gasteiger partial charge in [-0.1, -0.05) is 123 Å². The van der Waals surface area contributed by atoms with Gasteiger partial charge in [-0.2, -0.15) is 0 Å². The fourth-order valence-electron chi connectivity index (χ4n) is 8.89. The monoisotopic (exact) mass is 683 g/mol. The van der Waals surface area contributed by atoms with E-state index in [1.54, 1.807) is 0 Å². The molecule has 2 heterocycles. The average Bonchev–Trinajstić information content (AvgIpc) is 3.68. The van der Waals surface area contributed by atoms with Crippen LogP contribution in [0.3, 0.4) is 0 Å². The molecule has 0 fully saturated rings. The highest BCUT2D eigenvalue weighted by molar-refractivity contribution is 7.25. The zero-order chi connectivity index (χ0) is 34.6. The number of nitrogens with zero attached hydrogens (tertiary/aromatic N) is 1. The van der Waals surface area contributed by atoms with E-state index in [0.717, 1.165) is 44.8 Å². The summed E-state index contributed by atoms with van der Waals surface area (Å²) in [5.41, 5.74) is 13.3. The van der Waals surface area contributed by atoms with E-state index in [1.165, 1.54) is 59.2 Å². The Hall–Kier alpha value is -6.16. The largest absolute Gasteiger partial charge is 0.456 e. The topological polar surface area (TPSA) is 12.5 Å². The molecule has 0 saturated carbocycles. The normalized spacial score (nSPS) is 13.5. The molecule has 1 aromatic heterocycles. The summed E-state index contributed by atoms with van der Waals surface area (Å²) in [5, 5.41) is 4.88. The molecule has 0 spiro atoms. The second-order valence-electron chi connectivity index (χ2n) is 14.5. The lowest BCUT2D eigenvalue weighted by molar-refractivity contribution is 0.487. The Balaban J connectivity index is 1.17. The van der Waals surface area contributed by atoms with E-state index in [1.807, 2.05) is 11.3 Å². The predicted octanol–water partition coefficient (Wildman–Crippen LogP) is 14.4. The Labute approximate surface area is 306 Å². The van der Waals surface area contributed by atoms with Crippen LogP contribution in [0.1, 0.15) is 25.0 Å². The van der Waals surface area contributed by atoms with Crippen molar-refractivity contribution in [2.24, 2.45) is 0 Å². The molecule has 0 amide bonds. The number of hydrogen-bond acceptors (Lipinski definition) is 3. The second-order valence-corrected chi connectivity index (χ2v) is 15.6. The van der Waals surface area contributed by atoms with Gasteiger partial charge in [0.2, 0.25) is 0 Å². The number of rotatable bonds is 4. The van der Waals surface area contributed by atoms with E-state index >= 15 is 0 Å². The molecule has 11 rings (SSSR count). The van der Waals surface area contributed by atoms with Crippen LogP contribution in [0.25, 0.3) is 64.3 Å². The highest BCUT2D eigenvalue weighted by Crippen LogP contribution is 2.56. The van der Waals surface area contributed by atoms with E-state index in [2.05, 4.69) is 183 Å². The highest BCUT2D eigenvalue weighted by Gasteiger charge is 2.39. The molecule has 1 aliphatic carbocycles. The number of benzene rings is 8. The first-order valence-electron chi connectivity index (χ1n) is 17.9. The van der Waals surface area contributed by atoms with E-state index in [4.69, 9.17) is 4.74 Å². The maximum Gasteiger partial charge on any atom is 0.136 e. The summed E-state index contributed by atoms with van der Waals surface area (Å²) in [7, 11) is 0. The van der Waals surface area contributed by atoms with Crippen LogP contribution in [0.15, 0.2) is 164 Å². The molecule has 3 heteroatoms. The first-order chi connectivity index (χ1) is 25.5. The molecule has 0 saturated heterocycles. The summed E-state index contributed by atoms with van der Waals surface area (Å²) in [5.74, 6) is 1.78. The van der Waals surface area contributed by atoms with E-state index < -0.39 is 0 Å². The standard InChI is InChI=1S/C49H33NOS/c1-49(2)40-19-8-6-14-33(40)37-17-11-20-42(48(37)49)50(32-23-27-46-39(29-32)35-15-7-9-21-45(35)52-46)41-25-26-43-47-36(16-10-18-38(41)47)34-24-22-31(28-44(34)51-43)30-12-4-3-5-13-30/h3-29H,1-2H3. The molecule has 1 aliphatic heterocycles. The van der Waals surface area contributed by atoms with Crippen LogP contribution in [0.4, 0.5) is 17.1 Å². The van der Waals surface area contributed by atoms with Crippen LogP contribution in [-0.4, -0.2) is 0 Å². The summed E-state index contributed by atoms with van der Waals surface area (Å²) < 4.78 is 9.40. The molecule has 0 unspecified atom stereocenters. The Bertz CT molecular complexity index is 2920. The number of thiophene rings is 1. The smallest absolute Gasteiger partial charge is 0.136 e. The first-order valence-corrected chi connectivity index (χ1v) is 18.7. The molecule has 2 aliphatic rings. The Morgan fingerprint density at radius 3 is 2.15 bits per heavy atom. The van der Waals surface area contributed by atoms with Gasteiger partial charge in [0.05, 0.1) is 11.4 Å². The average molecular weight is 684 g/mol. The molecule has 52 heavy (non-hydrogen) atoms. The van der Waals surface area contributed by atoms with E-state index in [-0.39, 0.29) is 5.41 Å². The lowest BCUT2D eigenvalue weighted by Gasteiger charge is -2.33. The molecule has 0 N–H and O–H groups in total. The summed E-state index contributed by atoms with van der Waals surface area (Å²) >= 11 is 1.86. The molecule has 2 nitrogen and oxygen atoms in total. The SMILES string of the molecule is CC1(C)c2ccccc2-c2cccc(N(c3ccc4sc5ccccc5c4c3)c3ccc4c5c(cccc35)-c3ccc(-c5ccccc5)cc3O4)c21. The zero-order valence-corrected chi connectivity index (χ0v) is 29.7. The van der Waals surface area contributed by atoms with Gasteiger partial charge < -0.3 is 9.64 Å². The fraction of sp³-hybridized carbons (Fsp3) is 0.0612. The number of hydrogen-bond donors (Lipinski definition) is 0. The van der Waals surface area contributed by atoms with Crippen molar-refractivity contribution in [1.82, 2.24) is 0 Å². The van der Waals surface area contributed by atoms with Crippen molar-refractivity contribution in [3.05, 3.63) is 175 Å². The third kappa shape index (κ3) is 4.17. The van der Waals surface area contributed by atoms with Crippen molar-refractivity contribution >= 4 is 59.3 Å². The van der Waals surface area contributed by atoms with Crippen LogP contribution in [0, 0.1) is 0 Å². The second kappa shape index (κ2) is 10.9. The number of fused-ring (bicyclic) bond motifs is 8. The minimum Gasteiger partial charge on any atom is -0.456 e. The lowest BCUT2D eigenvalue weighted by Crippen LogP contribution is -2.21. The maximum atomic E-state index is 6.79. The molecule has 246 valence electrons. The van der Waals surface area contributed by atoms with Crippen molar-refractivity contribution in [2.45, 2.75) is 19.3 Å².